The van der Waals surface area contributed by atoms with E-state index in [0.29, 0.717) is 12.8 Å². The molecule has 1 aliphatic rings. The topological polar surface area (TPSA) is 204 Å². The van der Waals surface area contributed by atoms with E-state index < -0.39 is 46.8 Å². The summed E-state index contributed by atoms with van der Waals surface area (Å²) in [6, 6.07) is 0. The summed E-state index contributed by atoms with van der Waals surface area (Å²) >= 11 is 4.56. The van der Waals surface area contributed by atoms with Crippen LogP contribution >= 0.6 is 28.2 Å². The van der Waals surface area contributed by atoms with Crippen LogP contribution in [0.15, 0.2) is 11.0 Å². The van der Waals surface area contributed by atoms with Crippen LogP contribution in [0.2, 0.25) is 0 Å². The Kier molecular flexibility index (Phi) is 8.54. The first-order valence-corrected chi connectivity index (χ1v) is 10.0. The number of aromatic nitrogens is 2. The van der Waals surface area contributed by atoms with Gasteiger partial charge in [-0.1, -0.05) is 12.2 Å². The van der Waals surface area contributed by atoms with Crippen molar-refractivity contribution in [1.29, 1.82) is 0 Å². The van der Waals surface area contributed by atoms with Crippen molar-refractivity contribution in [1.82, 2.24) is 9.55 Å². The van der Waals surface area contributed by atoms with Gasteiger partial charge in [0, 0.05) is 6.42 Å². The average molecular weight is 441 g/mol. The molecular formula is C9H16FN2O11P2S+. The number of aliphatic hydroxyl groups is 2. The van der Waals surface area contributed by atoms with E-state index in [1.165, 1.54) is 0 Å². The number of rotatable bonds is 5. The number of H-pyrrole nitrogens is 1. The van der Waals surface area contributed by atoms with Crippen LogP contribution in [0.1, 0.15) is 19.1 Å². The van der Waals surface area contributed by atoms with Crippen molar-refractivity contribution in [2.24, 2.45) is 0 Å². The summed E-state index contributed by atoms with van der Waals surface area (Å²) in [6.45, 7) is -1.11. The van der Waals surface area contributed by atoms with Gasteiger partial charge in [0.1, 0.15) is 10.9 Å². The molecule has 0 spiro atoms. The lowest BCUT2D eigenvalue weighted by Crippen LogP contribution is -2.27. The lowest BCUT2D eigenvalue weighted by Gasteiger charge is -2.13. The Morgan fingerprint density at radius 1 is 1.46 bits per heavy atom. The van der Waals surface area contributed by atoms with Crippen LogP contribution in [0.5, 0.6) is 0 Å². The Labute approximate surface area is 150 Å². The Hall–Kier alpha value is -0.670. The molecule has 1 fully saturated rings. The van der Waals surface area contributed by atoms with E-state index in [1.54, 1.807) is 0 Å². The van der Waals surface area contributed by atoms with Crippen LogP contribution in [0.25, 0.3) is 0 Å². The van der Waals surface area contributed by atoms with Gasteiger partial charge >= 0.3 is 21.7 Å². The number of phosphoric acid groups is 1. The number of halogens is 1. The van der Waals surface area contributed by atoms with E-state index >= 15 is 0 Å². The van der Waals surface area contributed by atoms with Gasteiger partial charge in [0.15, 0.2) is 18.9 Å². The zero-order valence-corrected chi connectivity index (χ0v) is 15.3. The molecule has 150 valence electrons. The molecule has 0 bridgehead atoms. The molecule has 1 aliphatic heterocycles. The van der Waals surface area contributed by atoms with Gasteiger partial charge in [-0.25, -0.2) is 13.8 Å². The largest absolute Gasteiger partial charge is 0.582 e. The highest BCUT2D eigenvalue weighted by atomic mass is 32.1. The molecule has 1 saturated heterocycles. The minimum absolute atomic E-state index is 0.227. The van der Waals surface area contributed by atoms with Crippen molar-refractivity contribution in [2.45, 2.75) is 25.4 Å². The highest BCUT2D eigenvalue weighted by molar-refractivity contribution is 7.71. The van der Waals surface area contributed by atoms with Crippen LogP contribution in [0.3, 0.4) is 0 Å². The van der Waals surface area contributed by atoms with Crippen LogP contribution in [-0.2, 0) is 18.1 Å². The Morgan fingerprint density at radius 3 is 2.54 bits per heavy atom. The third-order valence-electron chi connectivity index (χ3n) is 2.65. The lowest BCUT2D eigenvalue weighted by atomic mass is 10.3. The molecular weight excluding hydrogens is 425 g/mol. The fraction of sp³-hybridized carbons (Fsp3) is 0.556. The molecule has 7 N–H and O–H groups in total. The molecule has 0 radical (unpaired) electrons. The molecule has 26 heavy (non-hydrogen) atoms. The predicted molar refractivity (Wildman–Crippen MR) is 83.9 cm³/mol. The number of ether oxygens (including phenoxy) is 1. The Morgan fingerprint density at radius 2 is 2.08 bits per heavy atom. The first-order valence-electron chi connectivity index (χ1n) is 6.56. The minimum atomic E-state index is -5.00. The highest BCUT2D eigenvalue weighted by Crippen LogP contribution is 2.63. The SMILES string of the molecule is O=P(O)(O)O[P+](O)(O)OCO.O=c1[nH]c(=S)c(F)cn1C1CCC(O)O1. The summed E-state index contributed by atoms with van der Waals surface area (Å²) < 4.78 is 35.9. The molecule has 13 nitrogen and oxygen atoms in total. The fourth-order valence-corrected chi connectivity index (χ4v) is 3.31. The standard InChI is InChI=1S/C8H9FN2O3S.CH6O8P2/c9-4-3-11(8(13)10-7(4)15)5-1-2-6(12)14-5;2-1-8-11(6,7)9-10(3,4)5/h3,5-6,12H,1-2H2,(H,10,13,15);2,6-7H,1H2,(H-,3,4,5)/p+1. The second-order valence-electron chi connectivity index (χ2n) is 4.59. The van der Waals surface area contributed by atoms with Crippen molar-refractivity contribution < 1.29 is 52.3 Å². The maximum Gasteiger partial charge on any atom is 0.582 e. The van der Waals surface area contributed by atoms with Crippen LogP contribution in [0.4, 0.5) is 4.39 Å². The number of hydrogen-bond donors (Lipinski definition) is 7. The van der Waals surface area contributed by atoms with Crippen LogP contribution < -0.4 is 5.69 Å². The van der Waals surface area contributed by atoms with Gasteiger partial charge in [-0.2, -0.15) is 9.79 Å². The maximum absolute atomic E-state index is 13.1. The molecule has 1 aromatic heterocycles. The fourth-order valence-electron chi connectivity index (χ4n) is 1.72. The number of hydrogen-bond acceptors (Lipinski definition) is 10. The van der Waals surface area contributed by atoms with E-state index in [0.717, 1.165) is 10.8 Å². The third-order valence-corrected chi connectivity index (χ3v) is 5.10. The van der Waals surface area contributed by atoms with E-state index in [1.807, 2.05) is 0 Å². The summed E-state index contributed by atoms with van der Waals surface area (Å²) in [5, 5.41) is 17.1. The second-order valence-corrected chi connectivity index (χ2v) is 7.87. The molecule has 2 heterocycles. The summed E-state index contributed by atoms with van der Waals surface area (Å²) in [5.74, 6) is -0.686. The van der Waals surface area contributed by atoms with Gasteiger partial charge in [-0.05, 0) is 10.7 Å². The van der Waals surface area contributed by atoms with Crippen molar-refractivity contribution in [3.63, 3.8) is 0 Å². The van der Waals surface area contributed by atoms with Crippen molar-refractivity contribution >= 4 is 28.2 Å². The van der Waals surface area contributed by atoms with Gasteiger partial charge in [-0.3, -0.25) is 9.55 Å². The molecule has 0 aromatic carbocycles. The molecule has 2 rings (SSSR count). The number of nitrogens with one attached hydrogen (secondary N) is 1. The van der Waals surface area contributed by atoms with Crippen molar-refractivity contribution in [2.75, 3.05) is 6.79 Å². The predicted octanol–water partition coefficient (Wildman–Crippen LogP) is -0.603. The van der Waals surface area contributed by atoms with E-state index in [9.17, 15) is 13.8 Å². The lowest BCUT2D eigenvalue weighted by molar-refractivity contribution is -0.114. The average Bonchev–Trinajstić information content (AvgIpc) is 2.87. The Balaban J connectivity index is 0.000000276. The van der Waals surface area contributed by atoms with Gasteiger partial charge in [0.2, 0.25) is 0 Å². The van der Waals surface area contributed by atoms with Gasteiger partial charge in [0.25, 0.3) is 0 Å². The first-order chi connectivity index (χ1) is 11.8. The minimum Gasteiger partial charge on any atom is -0.368 e. The second kappa shape index (κ2) is 9.50. The van der Waals surface area contributed by atoms with E-state index in [2.05, 4.69) is 26.0 Å². The van der Waals surface area contributed by atoms with Gasteiger partial charge in [-0.15, -0.1) is 4.52 Å². The quantitative estimate of drug-likeness (QED) is 0.174. The zero-order valence-electron chi connectivity index (χ0n) is 12.7. The van der Waals surface area contributed by atoms with Crippen LogP contribution in [0, 0.1) is 10.5 Å². The number of aliphatic hydroxyl groups excluding tert-OH is 2. The molecule has 0 saturated carbocycles. The molecule has 0 amide bonds. The highest BCUT2D eigenvalue weighted by Gasteiger charge is 2.47. The molecule has 17 heteroatoms. The van der Waals surface area contributed by atoms with Gasteiger partial charge in [0.05, 0.1) is 6.20 Å². The Bertz CT molecular complexity index is 765. The van der Waals surface area contributed by atoms with E-state index in [-0.39, 0.29) is 4.64 Å². The number of aromatic amines is 1. The smallest absolute Gasteiger partial charge is 0.368 e. The first kappa shape index (κ1) is 23.4. The van der Waals surface area contributed by atoms with Crippen LogP contribution in [-0.4, -0.2) is 52.4 Å². The molecule has 0 aliphatic carbocycles. The van der Waals surface area contributed by atoms with Crippen molar-refractivity contribution in [3.05, 3.63) is 27.1 Å². The summed E-state index contributed by atoms with van der Waals surface area (Å²) in [5.41, 5.74) is -0.541. The monoisotopic (exact) mass is 441 g/mol. The van der Waals surface area contributed by atoms with Gasteiger partial charge < -0.3 is 24.7 Å². The maximum atomic E-state index is 13.1. The summed E-state index contributed by atoms with van der Waals surface area (Å²) in [7, 11) is -9.58. The summed E-state index contributed by atoms with van der Waals surface area (Å²) in [6.07, 6.45) is 0.352. The summed E-state index contributed by atoms with van der Waals surface area (Å²) in [4.78, 5) is 46.5. The molecule has 1 aromatic rings. The van der Waals surface area contributed by atoms with E-state index in [4.69, 9.17) is 34.5 Å². The zero-order chi connectivity index (χ0) is 20.1. The number of nitrogens with zero attached hydrogens (tertiary/aromatic N) is 1. The third kappa shape index (κ3) is 7.92. The molecule has 2 atom stereocenters. The normalized spacial score (nSPS) is 20.6. The molecule has 2 unspecified atom stereocenters. The van der Waals surface area contributed by atoms with Crippen molar-refractivity contribution in [3.8, 4) is 0 Å².